The molecule has 0 aliphatic carbocycles. The zero-order chi connectivity index (χ0) is 20.1. The number of benzene rings is 2. The molecule has 5 nitrogen and oxygen atoms in total. The average molecular weight is 392 g/mol. The second-order valence-electron chi connectivity index (χ2n) is 7.96. The zero-order valence-corrected chi connectivity index (χ0v) is 16.8. The van der Waals surface area contributed by atoms with Gasteiger partial charge in [0, 0.05) is 43.2 Å². The quantitative estimate of drug-likeness (QED) is 0.777. The van der Waals surface area contributed by atoms with Gasteiger partial charge in [-0.1, -0.05) is 18.2 Å². The van der Waals surface area contributed by atoms with E-state index >= 15 is 0 Å². The van der Waals surface area contributed by atoms with E-state index in [-0.39, 0.29) is 11.8 Å². The highest BCUT2D eigenvalue weighted by molar-refractivity contribution is 5.94. The molecular formula is C24H28N2O3. The molecule has 0 spiro atoms. The second-order valence-corrected chi connectivity index (χ2v) is 7.96. The van der Waals surface area contributed by atoms with Crippen molar-refractivity contribution in [3.8, 4) is 5.75 Å². The van der Waals surface area contributed by atoms with Crippen LogP contribution in [-0.4, -0.2) is 54.4 Å². The zero-order valence-electron chi connectivity index (χ0n) is 16.8. The van der Waals surface area contributed by atoms with Crippen LogP contribution in [0.2, 0.25) is 0 Å². The van der Waals surface area contributed by atoms with Crippen molar-refractivity contribution in [3.05, 3.63) is 65.7 Å². The number of hydrogen-bond acceptors (Lipinski definition) is 3. The number of carbonyl (C=O) groups excluding carboxylic acids is 2. The lowest BCUT2D eigenvalue weighted by Crippen LogP contribution is -2.41. The van der Waals surface area contributed by atoms with E-state index in [1.807, 2.05) is 64.4 Å². The predicted octanol–water partition coefficient (Wildman–Crippen LogP) is 3.85. The molecule has 2 aromatic carbocycles. The summed E-state index contributed by atoms with van der Waals surface area (Å²) in [7, 11) is 0. The molecule has 5 heteroatoms. The molecule has 152 valence electrons. The number of rotatable bonds is 5. The van der Waals surface area contributed by atoms with Gasteiger partial charge < -0.3 is 14.5 Å². The maximum Gasteiger partial charge on any atom is 0.253 e. The second kappa shape index (κ2) is 9.12. The van der Waals surface area contributed by atoms with Crippen molar-refractivity contribution in [1.29, 1.82) is 0 Å². The first-order valence-electron chi connectivity index (χ1n) is 10.6. The molecule has 2 aliphatic rings. The Morgan fingerprint density at radius 1 is 0.793 bits per heavy atom. The normalized spacial score (nSPS) is 19.2. The lowest BCUT2D eigenvalue weighted by atomic mass is 9.98. The molecule has 0 saturated carbocycles. The summed E-state index contributed by atoms with van der Waals surface area (Å²) in [5.74, 6) is 1.30. The van der Waals surface area contributed by atoms with Crippen LogP contribution in [0.3, 0.4) is 0 Å². The van der Waals surface area contributed by atoms with E-state index in [1.54, 1.807) is 0 Å². The van der Waals surface area contributed by atoms with Crippen LogP contribution in [0, 0.1) is 5.92 Å². The molecule has 29 heavy (non-hydrogen) atoms. The van der Waals surface area contributed by atoms with Gasteiger partial charge in [0.15, 0.2) is 0 Å². The molecular weight excluding hydrogens is 364 g/mol. The van der Waals surface area contributed by atoms with E-state index in [4.69, 9.17) is 4.74 Å². The maximum atomic E-state index is 12.7. The summed E-state index contributed by atoms with van der Waals surface area (Å²) < 4.78 is 5.98. The van der Waals surface area contributed by atoms with Crippen molar-refractivity contribution in [2.24, 2.45) is 5.92 Å². The molecule has 4 rings (SSSR count). The third-order valence-electron chi connectivity index (χ3n) is 5.81. The molecule has 2 saturated heterocycles. The van der Waals surface area contributed by atoms with Gasteiger partial charge in [0.1, 0.15) is 5.75 Å². The Morgan fingerprint density at radius 3 is 2.14 bits per heavy atom. The van der Waals surface area contributed by atoms with E-state index in [9.17, 15) is 9.59 Å². The van der Waals surface area contributed by atoms with E-state index in [0.29, 0.717) is 12.5 Å². The van der Waals surface area contributed by atoms with Crippen LogP contribution in [0.4, 0.5) is 0 Å². The summed E-state index contributed by atoms with van der Waals surface area (Å²) in [5.41, 5.74) is 1.46. The number of nitrogens with zero attached hydrogens (tertiary/aromatic N) is 2. The summed E-state index contributed by atoms with van der Waals surface area (Å²) in [6.07, 6.45) is 4.25. The van der Waals surface area contributed by atoms with Crippen molar-refractivity contribution in [3.63, 3.8) is 0 Å². The van der Waals surface area contributed by atoms with Crippen molar-refractivity contribution in [1.82, 2.24) is 9.80 Å². The molecule has 2 heterocycles. The van der Waals surface area contributed by atoms with E-state index in [2.05, 4.69) is 0 Å². The van der Waals surface area contributed by atoms with Crippen LogP contribution in [0.5, 0.6) is 5.75 Å². The fraction of sp³-hybridized carbons (Fsp3) is 0.417. The van der Waals surface area contributed by atoms with Gasteiger partial charge in [0.25, 0.3) is 11.8 Å². The fourth-order valence-electron chi connectivity index (χ4n) is 4.16. The number of piperidine rings is 1. The minimum Gasteiger partial charge on any atom is -0.493 e. The molecule has 2 fully saturated rings. The SMILES string of the molecule is O=C(c1ccc(OC[C@@H]2CCCN(C(=O)c3ccccc3)C2)cc1)N1CCCC1. The van der Waals surface area contributed by atoms with Crippen molar-refractivity contribution >= 4 is 11.8 Å². The Balaban J connectivity index is 1.29. The van der Waals surface area contributed by atoms with Crippen molar-refractivity contribution in [2.45, 2.75) is 25.7 Å². The standard InChI is InChI=1S/C24H28N2O3/c27-23(25-14-4-5-15-25)21-10-12-22(13-11-21)29-18-19-7-6-16-26(17-19)24(28)20-8-2-1-3-9-20/h1-3,8-13,19H,4-7,14-18H2/t19-/m1/s1. The monoisotopic (exact) mass is 392 g/mol. The molecule has 0 bridgehead atoms. The Hall–Kier alpha value is -2.82. The molecule has 0 aromatic heterocycles. The van der Waals surface area contributed by atoms with Gasteiger partial charge in [-0.05, 0) is 62.1 Å². The lowest BCUT2D eigenvalue weighted by molar-refractivity contribution is 0.0633. The summed E-state index contributed by atoms with van der Waals surface area (Å²) in [4.78, 5) is 29.0. The summed E-state index contributed by atoms with van der Waals surface area (Å²) in [6, 6.07) is 16.9. The average Bonchev–Trinajstić information content (AvgIpc) is 3.33. The van der Waals surface area contributed by atoms with Gasteiger partial charge in [0.05, 0.1) is 6.61 Å². The minimum absolute atomic E-state index is 0.0973. The summed E-state index contributed by atoms with van der Waals surface area (Å²) in [6.45, 7) is 3.82. The number of amides is 2. The molecule has 0 N–H and O–H groups in total. The summed E-state index contributed by atoms with van der Waals surface area (Å²) in [5, 5.41) is 0. The van der Waals surface area contributed by atoms with Crippen LogP contribution >= 0.6 is 0 Å². The first-order chi connectivity index (χ1) is 14.2. The highest BCUT2D eigenvalue weighted by Gasteiger charge is 2.25. The largest absolute Gasteiger partial charge is 0.493 e. The topological polar surface area (TPSA) is 49.9 Å². The Labute approximate surface area is 172 Å². The number of ether oxygens (including phenoxy) is 1. The first kappa shape index (κ1) is 19.5. The van der Waals surface area contributed by atoms with Crippen LogP contribution in [0.1, 0.15) is 46.4 Å². The van der Waals surface area contributed by atoms with Crippen LogP contribution in [0.25, 0.3) is 0 Å². The van der Waals surface area contributed by atoms with Gasteiger partial charge >= 0.3 is 0 Å². The highest BCUT2D eigenvalue weighted by Crippen LogP contribution is 2.21. The van der Waals surface area contributed by atoms with Gasteiger partial charge in [-0.3, -0.25) is 9.59 Å². The van der Waals surface area contributed by atoms with E-state index in [0.717, 1.165) is 68.7 Å². The third-order valence-corrected chi connectivity index (χ3v) is 5.81. The smallest absolute Gasteiger partial charge is 0.253 e. The number of likely N-dealkylation sites (tertiary alicyclic amines) is 2. The van der Waals surface area contributed by atoms with Gasteiger partial charge in [-0.15, -0.1) is 0 Å². The van der Waals surface area contributed by atoms with Gasteiger partial charge in [-0.2, -0.15) is 0 Å². The number of carbonyl (C=O) groups is 2. The third kappa shape index (κ3) is 4.78. The van der Waals surface area contributed by atoms with Crippen LogP contribution < -0.4 is 4.74 Å². The predicted molar refractivity (Wildman–Crippen MR) is 112 cm³/mol. The minimum atomic E-state index is 0.0973. The van der Waals surface area contributed by atoms with Crippen molar-refractivity contribution in [2.75, 3.05) is 32.8 Å². The number of hydrogen-bond donors (Lipinski definition) is 0. The molecule has 2 aromatic rings. The lowest BCUT2D eigenvalue weighted by Gasteiger charge is -2.32. The van der Waals surface area contributed by atoms with E-state index < -0.39 is 0 Å². The molecule has 0 unspecified atom stereocenters. The van der Waals surface area contributed by atoms with Gasteiger partial charge in [0.2, 0.25) is 0 Å². The summed E-state index contributed by atoms with van der Waals surface area (Å²) >= 11 is 0. The Bertz CT molecular complexity index is 829. The fourth-order valence-corrected chi connectivity index (χ4v) is 4.16. The van der Waals surface area contributed by atoms with Gasteiger partial charge in [-0.25, -0.2) is 0 Å². The first-order valence-corrected chi connectivity index (χ1v) is 10.6. The molecule has 2 aliphatic heterocycles. The van der Waals surface area contributed by atoms with Crippen LogP contribution in [0.15, 0.2) is 54.6 Å². The van der Waals surface area contributed by atoms with E-state index in [1.165, 1.54) is 0 Å². The molecule has 2 amide bonds. The molecule has 0 radical (unpaired) electrons. The maximum absolute atomic E-state index is 12.7. The highest BCUT2D eigenvalue weighted by atomic mass is 16.5. The Kier molecular flexibility index (Phi) is 6.13. The molecule has 1 atom stereocenters. The Morgan fingerprint density at radius 2 is 1.41 bits per heavy atom. The van der Waals surface area contributed by atoms with Crippen molar-refractivity contribution < 1.29 is 14.3 Å². The van der Waals surface area contributed by atoms with Crippen LogP contribution in [-0.2, 0) is 0 Å².